The standard InChI is InChI=1S/C18H25N5O/c1-13-7-5-8-15(14(13)2)20-18(24)16-9-10-17(22-21-16)19-11-6-12-23(3)4/h5,7-10H,6,11-12H2,1-4H3,(H,19,22)(H,20,24). The molecule has 0 bridgehead atoms. The van der Waals surface area contributed by atoms with Gasteiger partial charge in [-0.05, 0) is 70.2 Å². The van der Waals surface area contributed by atoms with Gasteiger partial charge in [-0.3, -0.25) is 4.79 Å². The lowest BCUT2D eigenvalue weighted by molar-refractivity contribution is 0.102. The van der Waals surface area contributed by atoms with Crippen molar-refractivity contribution >= 4 is 17.4 Å². The highest BCUT2D eigenvalue weighted by Gasteiger charge is 2.10. The van der Waals surface area contributed by atoms with E-state index < -0.39 is 0 Å². The average Bonchev–Trinajstić information content (AvgIpc) is 2.56. The van der Waals surface area contributed by atoms with Crippen LogP contribution < -0.4 is 10.6 Å². The topological polar surface area (TPSA) is 70.2 Å². The SMILES string of the molecule is Cc1cccc(NC(=O)c2ccc(NCCCN(C)C)nn2)c1C. The van der Waals surface area contributed by atoms with Gasteiger partial charge in [0.05, 0.1) is 0 Å². The molecular weight excluding hydrogens is 302 g/mol. The van der Waals surface area contributed by atoms with Crippen molar-refractivity contribution in [1.82, 2.24) is 15.1 Å². The lowest BCUT2D eigenvalue weighted by Gasteiger charge is -2.11. The maximum atomic E-state index is 12.3. The van der Waals surface area contributed by atoms with E-state index in [2.05, 4.69) is 25.7 Å². The zero-order chi connectivity index (χ0) is 17.5. The second-order valence-electron chi connectivity index (χ2n) is 6.09. The van der Waals surface area contributed by atoms with Crippen LogP contribution >= 0.6 is 0 Å². The van der Waals surface area contributed by atoms with Crippen molar-refractivity contribution in [3.8, 4) is 0 Å². The van der Waals surface area contributed by atoms with Crippen molar-refractivity contribution in [2.45, 2.75) is 20.3 Å². The normalized spacial score (nSPS) is 10.7. The Balaban J connectivity index is 1.92. The zero-order valence-electron chi connectivity index (χ0n) is 14.8. The van der Waals surface area contributed by atoms with E-state index in [1.54, 1.807) is 12.1 Å². The molecule has 6 nitrogen and oxygen atoms in total. The lowest BCUT2D eigenvalue weighted by atomic mass is 10.1. The molecular formula is C18H25N5O. The monoisotopic (exact) mass is 327 g/mol. The van der Waals surface area contributed by atoms with E-state index in [9.17, 15) is 4.79 Å². The van der Waals surface area contributed by atoms with Crippen molar-refractivity contribution < 1.29 is 4.79 Å². The molecule has 0 aliphatic carbocycles. The van der Waals surface area contributed by atoms with Gasteiger partial charge in [0.2, 0.25) is 0 Å². The number of carbonyl (C=O) groups is 1. The van der Waals surface area contributed by atoms with E-state index in [1.807, 2.05) is 46.1 Å². The summed E-state index contributed by atoms with van der Waals surface area (Å²) in [5.74, 6) is 0.424. The minimum atomic E-state index is -0.254. The number of aromatic nitrogens is 2. The first-order valence-electron chi connectivity index (χ1n) is 8.07. The fourth-order valence-corrected chi connectivity index (χ4v) is 2.23. The average molecular weight is 327 g/mol. The third kappa shape index (κ3) is 5.03. The van der Waals surface area contributed by atoms with Crippen molar-refractivity contribution in [1.29, 1.82) is 0 Å². The van der Waals surface area contributed by atoms with Gasteiger partial charge in [-0.1, -0.05) is 12.1 Å². The van der Waals surface area contributed by atoms with E-state index in [-0.39, 0.29) is 5.91 Å². The van der Waals surface area contributed by atoms with Crippen LogP contribution in [0.5, 0.6) is 0 Å². The Kier molecular flexibility index (Phi) is 6.26. The van der Waals surface area contributed by atoms with Crippen LogP contribution in [-0.4, -0.2) is 48.2 Å². The van der Waals surface area contributed by atoms with Crippen LogP contribution in [-0.2, 0) is 0 Å². The summed E-state index contributed by atoms with van der Waals surface area (Å²) in [6.45, 7) is 5.83. The highest BCUT2D eigenvalue weighted by molar-refractivity contribution is 6.03. The van der Waals surface area contributed by atoms with Crippen molar-refractivity contribution in [3.63, 3.8) is 0 Å². The van der Waals surface area contributed by atoms with Crippen LogP contribution in [0.2, 0.25) is 0 Å². The number of amides is 1. The number of nitrogens with zero attached hydrogens (tertiary/aromatic N) is 3. The van der Waals surface area contributed by atoms with E-state index in [1.165, 1.54) is 0 Å². The van der Waals surface area contributed by atoms with Crippen LogP contribution in [0.15, 0.2) is 30.3 Å². The van der Waals surface area contributed by atoms with Gasteiger partial charge in [-0.2, -0.15) is 0 Å². The van der Waals surface area contributed by atoms with Crippen LogP contribution in [0.4, 0.5) is 11.5 Å². The molecule has 1 amide bonds. The van der Waals surface area contributed by atoms with Gasteiger partial charge in [0.15, 0.2) is 5.69 Å². The molecule has 0 unspecified atom stereocenters. The fraction of sp³-hybridized carbons (Fsp3) is 0.389. The summed E-state index contributed by atoms with van der Waals surface area (Å²) in [5, 5.41) is 14.2. The van der Waals surface area contributed by atoms with Crippen molar-refractivity contribution in [3.05, 3.63) is 47.2 Å². The first-order valence-corrected chi connectivity index (χ1v) is 8.07. The molecule has 0 fully saturated rings. The van der Waals surface area contributed by atoms with E-state index in [0.29, 0.717) is 11.5 Å². The Labute approximate surface area is 143 Å². The summed E-state index contributed by atoms with van der Waals surface area (Å²) in [4.78, 5) is 14.4. The number of nitrogens with one attached hydrogen (secondary N) is 2. The third-order valence-electron chi connectivity index (χ3n) is 3.84. The number of aryl methyl sites for hydroxylation is 1. The van der Waals surface area contributed by atoms with E-state index >= 15 is 0 Å². The maximum absolute atomic E-state index is 12.3. The number of carbonyl (C=O) groups excluding carboxylic acids is 1. The Hall–Kier alpha value is -2.47. The van der Waals surface area contributed by atoms with E-state index in [0.717, 1.165) is 36.3 Å². The van der Waals surface area contributed by atoms with Gasteiger partial charge < -0.3 is 15.5 Å². The molecule has 1 aromatic heterocycles. The number of rotatable bonds is 7. The highest BCUT2D eigenvalue weighted by atomic mass is 16.1. The molecule has 2 rings (SSSR count). The van der Waals surface area contributed by atoms with E-state index in [4.69, 9.17) is 0 Å². The molecule has 0 atom stereocenters. The van der Waals surface area contributed by atoms with Crippen molar-refractivity contribution in [2.24, 2.45) is 0 Å². The van der Waals surface area contributed by atoms with Gasteiger partial charge in [0.1, 0.15) is 5.82 Å². The molecule has 24 heavy (non-hydrogen) atoms. The predicted molar refractivity (Wildman–Crippen MR) is 97.6 cm³/mol. The molecule has 0 saturated carbocycles. The molecule has 0 saturated heterocycles. The number of anilines is 2. The molecule has 0 radical (unpaired) electrons. The third-order valence-corrected chi connectivity index (χ3v) is 3.84. The first-order chi connectivity index (χ1) is 11.5. The Morgan fingerprint density at radius 2 is 1.92 bits per heavy atom. The van der Waals surface area contributed by atoms with Crippen LogP contribution in [0.25, 0.3) is 0 Å². The number of hydrogen-bond donors (Lipinski definition) is 2. The molecule has 0 aliphatic rings. The van der Waals surface area contributed by atoms with Gasteiger partial charge in [0, 0.05) is 12.2 Å². The number of benzene rings is 1. The largest absolute Gasteiger partial charge is 0.369 e. The molecule has 2 N–H and O–H groups in total. The van der Waals surface area contributed by atoms with Crippen LogP contribution in [0, 0.1) is 13.8 Å². The van der Waals surface area contributed by atoms with Gasteiger partial charge in [0.25, 0.3) is 5.91 Å². The molecule has 1 heterocycles. The van der Waals surface area contributed by atoms with Gasteiger partial charge in [-0.25, -0.2) is 0 Å². The Morgan fingerprint density at radius 1 is 1.12 bits per heavy atom. The summed E-state index contributed by atoms with van der Waals surface area (Å²) in [7, 11) is 4.09. The van der Waals surface area contributed by atoms with Crippen molar-refractivity contribution in [2.75, 3.05) is 37.8 Å². The number of hydrogen-bond acceptors (Lipinski definition) is 5. The minimum absolute atomic E-state index is 0.254. The van der Waals surface area contributed by atoms with Gasteiger partial charge in [-0.15, -0.1) is 10.2 Å². The summed E-state index contributed by atoms with van der Waals surface area (Å²) in [6, 6.07) is 9.28. The predicted octanol–water partition coefficient (Wildman–Crippen LogP) is 2.71. The summed E-state index contributed by atoms with van der Waals surface area (Å²) in [5.41, 5.74) is 3.29. The van der Waals surface area contributed by atoms with Crippen LogP contribution in [0.3, 0.4) is 0 Å². The second kappa shape index (κ2) is 8.40. The fourth-order valence-electron chi connectivity index (χ4n) is 2.23. The lowest BCUT2D eigenvalue weighted by Crippen LogP contribution is -2.17. The molecule has 1 aromatic carbocycles. The Morgan fingerprint density at radius 3 is 2.58 bits per heavy atom. The second-order valence-corrected chi connectivity index (χ2v) is 6.09. The molecule has 0 aliphatic heterocycles. The Bertz CT molecular complexity index is 682. The molecule has 6 heteroatoms. The van der Waals surface area contributed by atoms with Crippen LogP contribution in [0.1, 0.15) is 28.0 Å². The first kappa shape index (κ1) is 17.9. The maximum Gasteiger partial charge on any atom is 0.276 e. The quantitative estimate of drug-likeness (QED) is 0.765. The summed E-state index contributed by atoms with van der Waals surface area (Å²) in [6.07, 6.45) is 1.02. The molecule has 128 valence electrons. The summed E-state index contributed by atoms with van der Waals surface area (Å²) >= 11 is 0. The summed E-state index contributed by atoms with van der Waals surface area (Å²) < 4.78 is 0. The van der Waals surface area contributed by atoms with Gasteiger partial charge >= 0.3 is 0 Å². The molecule has 2 aromatic rings. The molecule has 0 spiro atoms. The minimum Gasteiger partial charge on any atom is -0.369 e. The smallest absolute Gasteiger partial charge is 0.276 e. The highest BCUT2D eigenvalue weighted by Crippen LogP contribution is 2.18. The zero-order valence-corrected chi connectivity index (χ0v) is 14.8.